The molecule has 1 aromatic carbocycles. The molecule has 0 bridgehead atoms. The first-order chi connectivity index (χ1) is 8.84. The second kappa shape index (κ2) is 6.45. The van der Waals surface area contributed by atoms with Gasteiger partial charge in [0.05, 0.1) is 6.04 Å². The highest BCUT2D eigenvalue weighted by Crippen LogP contribution is 1.98. The summed E-state index contributed by atoms with van der Waals surface area (Å²) in [4.78, 5) is 11.7. The van der Waals surface area contributed by atoms with Crippen LogP contribution in [0.3, 0.4) is 0 Å². The van der Waals surface area contributed by atoms with Gasteiger partial charge in [-0.15, -0.1) is 0 Å². The van der Waals surface area contributed by atoms with Crippen molar-refractivity contribution in [2.45, 2.75) is 12.6 Å². The molecule has 18 heavy (non-hydrogen) atoms. The first-order valence-corrected chi connectivity index (χ1v) is 5.94. The minimum Gasteiger partial charge on any atom is -0.334 e. The van der Waals surface area contributed by atoms with E-state index in [1.807, 2.05) is 66.8 Å². The third kappa shape index (κ3) is 3.94. The van der Waals surface area contributed by atoms with Crippen molar-refractivity contribution in [2.24, 2.45) is 0 Å². The normalized spacial score (nSPS) is 14.2. The Labute approximate surface area is 107 Å². The largest absolute Gasteiger partial charge is 0.334 e. The van der Waals surface area contributed by atoms with Crippen LogP contribution in [0.4, 0.5) is 4.79 Å². The number of carbonyl (C=O) groups excluding carboxylic acids is 1. The molecule has 1 aliphatic rings. The van der Waals surface area contributed by atoms with Gasteiger partial charge in [-0.3, -0.25) is 0 Å². The van der Waals surface area contributed by atoms with Gasteiger partial charge in [-0.1, -0.05) is 66.8 Å². The van der Waals surface area contributed by atoms with Crippen LogP contribution in [-0.2, 0) is 6.54 Å². The van der Waals surface area contributed by atoms with Gasteiger partial charge in [0, 0.05) is 6.54 Å². The molecule has 0 radical (unpaired) electrons. The molecule has 2 rings (SSSR count). The number of allylic oxidation sites excluding steroid dienone is 4. The Bertz CT molecular complexity index is 459. The molecule has 92 valence electrons. The number of urea groups is 1. The molecule has 0 unspecified atom stereocenters. The molecule has 3 heteroatoms. The van der Waals surface area contributed by atoms with Gasteiger partial charge >= 0.3 is 6.03 Å². The Morgan fingerprint density at radius 2 is 1.67 bits per heavy atom. The van der Waals surface area contributed by atoms with Crippen molar-refractivity contribution < 1.29 is 4.79 Å². The van der Waals surface area contributed by atoms with Gasteiger partial charge in [0.2, 0.25) is 0 Å². The van der Waals surface area contributed by atoms with E-state index < -0.39 is 0 Å². The lowest BCUT2D eigenvalue weighted by Crippen LogP contribution is -2.40. The highest BCUT2D eigenvalue weighted by molar-refractivity contribution is 5.74. The fraction of sp³-hybridized carbons (Fsp3) is 0.133. The topological polar surface area (TPSA) is 41.1 Å². The molecule has 0 saturated heterocycles. The van der Waals surface area contributed by atoms with Crippen molar-refractivity contribution in [1.29, 1.82) is 0 Å². The molecule has 0 aliphatic heterocycles. The standard InChI is InChI=1S/C15H16N2O/c18-15(16-12-13-8-4-3-5-9-13)17-14-10-6-1-2-7-11-14/h1-11,14H,12H2,(H2,16,17,18). The average molecular weight is 240 g/mol. The zero-order valence-electron chi connectivity index (χ0n) is 10.0. The quantitative estimate of drug-likeness (QED) is 0.837. The molecule has 2 N–H and O–H groups in total. The van der Waals surface area contributed by atoms with Crippen LogP contribution in [0.25, 0.3) is 0 Å². The van der Waals surface area contributed by atoms with Crippen LogP contribution >= 0.6 is 0 Å². The van der Waals surface area contributed by atoms with E-state index in [-0.39, 0.29) is 12.1 Å². The number of hydrogen-bond donors (Lipinski definition) is 2. The van der Waals surface area contributed by atoms with Crippen molar-refractivity contribution >= 4 is 6.03 Å². The van der Waals surface area contributed by atoms with E-state index in [1.54, 1.807) is 0 Å². The van der Waals surface area contributed by atoms with Crippen LogP contribution in [-0.4, -0.2) is 12.1 Å². The van der Waals surface area contributed by atoms with Crippen molar-refractivity contribution in [3.05, 3.63) is 72.4 Å². The summed E-state index contributed by atoms with van der Waals surface area (Å²) in [6.07, 6.45) is 11.6. The fourth-order valence-electron chi connectivity index (χ4n) is 1.64. The van der Waals surface area contributed by atoms with Crippen molar-refractivity contribution in [2.75, 3.05) is 0 Å². The maximum Gasteiger partial charge on any atom is 0.315 e. The number of benzene rings is 1. The summed E-state index contributed by atoms with van der Waals surface area (Å²) in [5.74, 6) is 0. The third-order valence-electron chi connectivity index (χ3n) is 2.56. The molecule has 0 heterocycles. The number of amides is 2. The summed E-state index contributed by atoms with van der Waals surface area (Å²) in [6.45, 7) is 0.533. The zero-order chi connectivity index (χ0) is 12.6. The predicted molar refractivity (Wildman–Crippen MR) is 73.0 cm³/mol. The first-order valence-electron chi connectivity index (χ1n) is 5.94. The van der Waals surface area contributed by atoms with E-state index in [0.717, 1.165) is 5.56 Å². The lowest BCUT2D eigenvalue weighted by Gasteiger charge is -2.11. The highest BCUT2D eigenvalue weighted by atomic mass is 16.2. The number of hydrogen-bond acceptors (Lipinski definition) is 1. The Morgan fingerprint density at radius 1 is 1.00 bits per heavy atom. The van der Waals surface area contributed by atoms with Gasteiger partial charge < -0.3 is 10.6 Å². The van der Waals surface area contributed by atoms with E-state index in [4.69, 9.17) is 0 Å². The number of rotatable bonds is 3. The maximum atomic E-state index is 11.7. The molecule has 2 amide bonds. The first kappa shape index (κ1) is 12.2. The molecule has 0 spiro atoms. The third-order valence-corrected chi connectivity index (χ3v) is 2.56. The SMILES string of the molecule is O=C(NCc1ccccc1)NC1C=CC=CC=C1. The molecule has 1 aliphatic carbocycles. The predicted octanol–water partition coefficient (Wildman–Crippen LogP) is 2.54. The van der Waals surface area contributed by atoms with Gasteiger partial charge in [-0.2, -0.15) is 0 Å². The van der Waals surface area contributed by atoms with Crippen molar-refractivity contribution in [3.8, 4) is 0 Å². The molecule has 3 nitrogen and oxygen atoms in total. The Kier molecular flexibility index (Phi) is 4.36. The van der Waals surface area contributed by atoms with Gasteiger partial charge in [0.15, 0.2) is 0 Å². The van der Waals surface area contributed by atoms with Crippen LogP contribution in [0.5, 0.6) is 0 Å². The lowest BCUT2D eigenvalue weighted by molar-refractivity contribution is 0.240. The van der Waals surface area contributed by atoms with Gasteiger partial charge in [-0.25, -0.2) is 4.79 Å². The van der Waals surface area contributed by atoms with Crippen LogP contribution in [0.2, 0.25) is 0 Å². The average Bonchev–Trinajstić information content (AvgIpc) is 2.66. The van der Waals surface area contributed by atoms with E-state index in [2.05, 4.69) is 10.6 Å². The summed E-state index contributed by atoms with van der Waals surface area (Å²) >= 11 is 0. The molecule has 0 aromatic heterocycles. The van der Waals surface area contributed by atoms with Gasteiger partial charge in [0.1, 0.15) is 0 Å². The highest BCUT2D eigenvalue weighted by Gasteiger charge is 2.05. The number of carbonyl (C=O) groups is 1. The summed E-state index contributed by atoms with van der Waals surface area (Å²) in [6, 6.07) is 9.60. The maximum absolute atomic E-state index is 11.7. The van der Waals surface area contributed by atoms with Gasteiger partial charge in [0.25, 0.3) is 0 Å². The Morgan fingerprint density at radius 3 is 2.33 bits per heavy atom. The molecular weight excluding hydrogens is 224 g/mol. The summed E-state index contributed by atoms with van der Waals surface area (Å²) < 4.78 is 0. The lowest BCUT2D eigenvalue weighted by atomic mass is 10.2. The van der Waals surface area contributed by atoms with Crippen molar-refractivity contribution in [1.82, 2.24) is 10.6 Å². The van der Waals surface area contributed by atoms with E-state index in [1.165, 1.54) is 0 Å². The smallest absolute Gasteiger partial charge is 0.315 e. The minimum atomic E-state index is -0.167. The molecule has 1 aromatic rings. The van der Waals surface area contributed by atoms with Crippen LogP contribution in [0.15, 0.2) is 66.8 Å². The Balaban J connectivity index is 1.79. The van der Waals surface area contributed by atoms with Crippen LogP contribution in [0.1, 0.15) is 5.56 Å². The summed E-state index contributed by atoms with van der Waals surface area (Å²) in [5, 5.41) is 5.69. The second-order valence-electron chi connectivity index (χ2n) is 3.99. The fourth-order valence-corrected chi connectivity index (χ4v) is 1.64. The monoisotopic (exact) mass is 240 g/mol. The Hall–Kier alpha value is -2.29. The van der Waals surface area contributed by atoms with E-state index in [9.17, 15) is 4.79 Å². The van der Waals surface area contributed by atoms with E-state index >= 15 is 0 Å². The van der Waals surface area contributed by atoms with E-state index in [0.29, 0.717) is 6.54 Å². The molecule has 0 atom stereocenters. The molecular formula is C15H16N2O. The summed E-state index contributed by atoms with van der Waals surface area (Å²) in [5.41, 5.74) is 1.08. The van der Waals surface area contributed by atoms with Crippen LogP contribution in [0, 0.1) is 0 Å². The summed E-state index contributed by atoms with van der Waals surface area (Å²) in [7, 11) is 0. The second-order valence-corrected chi connectivity index (χ2v) is 3.99. The van der Waals surface area contributed by atoms with Gasteiger partial charge in [-0.05, 0) is 5.56 Å². The minimum absolute atomic E-state index is 0.0595. The molecule has 0 saturated carbocycles. The molecule has 0 fully saturated rings. The van der Waals surface area contributed by atoms with Crippen LogP contribution < -0.4 is 10.6 Å². The zero-order valence-corrected chi connectivity index (χ0v) is 10.0. The van der Waals surface area contributed by atoms with Crippen molar-refractivity contribution in [3.63, 3.8) is 0 Å². The number of nitrogens with one attached hydrogen (secondary N) is 2.